The number of epoxide rings is 1. The Morgan fingerprint density at radius 2 is 1.78 bits per heavy atom. The summed E-state index contributed by atoms with van der Waals surface area (Å²) < 4.78 is 5.33. The van der Waals surface area contributed by atoms with E-state index in [1.807, 2.05) is 0 Å². The van der Waals surface area contributed by atoms with E-state index in [2.05, 4.69) is 0 Å². The van der Waals surface area contributed by atoms with Crippen molar-refractivity contribution in [2.45, 2.75) is 11.8 Å². The number of hydrogen-bond donors (Lipinski definition) is 1. The molecule has 1 heterocycles. The van der Waals surface area contributed by atoms with Crippen LogP contribution in [0.1, 0.15) is 20.7 Å². The smallest absolute Gasteiger partial charge is 0.194 e. The van der Waals surface area contributed by atoms with Crippen LogP contribution in [0, 0.1) is 0 Å². The lowest BCUT2D eigenvalue weighted by molar-refractivity contribution is 0.0962. The third-order valence-corrected chi connectivity index (χ3v) is 3.67. The molecule has 2 atom stereocenters. The summed E-state index contributed by atoms with van der Waals surface area (Å²) in [5, 5.41) is 0. The molecule has 1 aliphatic heterocycles. The summed E-state index contributed by atoms with van der Waals surface area (Å²) in [6, 6.07) is 6.80. The van der Waals surface area contributed by atoms with Gasteiger partial charge in [-0.3, -0.25) is 15.3 Å². The number of rotatable bonds is 0. The van der Waals surface area contributed by atoms with Gasteiger partial charge in [0.05, 0.1) is 5.57 Å². The summed E-state index contributed by atoms with van der Waals surface area (Å²) in [5.41, 5.74) is 6.44. The molecule has 1 fully saturated rings. The molecule has 4 nitrogen and oxygen atoms in total. The summed E-state index contributed by atoms with van der Waals surface area (Å²) in [6.07, 6.45) is 3.10. The van der Waals surface area contributed by atoms with Gasteiger partial charge in [-0.15, -0.1) is 0 Å². The highest BCUT2D eigenvalue weighted by atomic mass is 16.6. The third-order valence-electron chi connectivity index (χ3n) is 3.67. The third kappa shape index (κ3) is 0.978. The van der Waals surface area contributed by atoms with Gasteiger partial charge in [-0.25, -0.2) is 0 Å². The molecular weight excluding hydrogens is 230 g/mol. The summed E-state index contributed by atoms with van der Waals surface area (Å²) in [6.45, 7) is 0. The molecule has 0 spiro atoms. The fraction of sp³-hybridized carbons (Fsp3) is 0.143. The standard InChI is InChI=1S/C14H9NO3/c15-14-10(18-14)6-5-9-11(14)13(17)8-4-2-1-3-7(8)12(9)16/h1-6,10H,15H2. The van der Waals surface area contributed by atoms with Crippen molar-refractivity contribution in [2.75, 3.05) is 0 Å². The Labute approximate surface area is 103 Å². The second kappa shape index (κ2) is 2.85. The molecule has 1 aromatic rings. The molecule has 4 rings (SSSR count). The van der Waals surface area contributed by atoms with Crippen LogP contribution < -0.4 is 5.73 Å². The highest BCUT2D eigenvalue weighted by molar-refractivity contribution is 6.29. The van der Waals surface area contributed by atoms with E-state index in [-0.39, 0.29) is 17.7 Å². The molecule has 88 valence electrons. The zero-order valence-corrected chi connectivity index (χ0v) is 9.34. The lowest BCUT2D eigenvalue weighted by Crippen LogP contribution is -2.39. The van der Waals surface area contributed by atoms with Crippen LogP contribution in [0.5, 0.6) is 0 Å². The molecule has 0 bridgehead atoms. The van der Waals surface area contributed by atoms with Gasteiger partial charge in [0.25, 0.3) is 0 Å². The number of Topliss-reactive ketones (excluding diaryl/α,β-unsaturated/α-hetero) is 2. The van der Waals surface area contributed by atoms with E-state index in [0.29, 0.717) is 22.3 Å². The number of nitrogens with two attached hydrogens (primary N) is 1. The first kappa shape index (κ1) is 9.94. The van der Waals surface area contributed by atoms with E-state index in [1.165, 1.54) is 0 Å². The topological polar surface area (TPSA) is 72.7 Å². The fourth-order valence-electron chi connectivity index (χ4n) is 2.68. The van der Waals surface area contributed by atoms with Gasteiger partial charge in [-0.05, 0) is 0 Å². The van der Waals surface area contributed by atoms with Crippen molar-refractivity contribution >= 4 is 11.6 Å². The van der Waals surface area contributed by atoms with E-state index >= 15 is 0 Å². The predicted octanol–water partition coefficient (Wildman–Crippen LogP) is 0.986. The summed E-state index contributed by atoms with van der Waals surface area (Å²) in [5.74, 6) is -0.357. The van der Waals surface area contributed by atoms with E-state index in [0.717, 1.165) is 0 Å². The van der Waals surface area contributed by atoms with Crippen molar-refractivity contribution in [3.05, 3.63) is 58.7 Å². The number of fused-ring (bicyclic) bond motifs is 3. The highest BCUT2D eigenvalue weighted by Gasteiger charge is 2.61. The Kier molecular flexibility index (Phi) is 1.58. The number of carbonyl (C=O) groups is 2. The number of carbonyl (C=O) groups excluding carboxylic acids is 2. The van der Waals surface area contributed by atoms with Crippen LogP contribution in [-0.4, -0.2) is 23.4 Å². The van der Waals surface area contributed by atoms with Gasteiger partial charge in [0.1, 0.15) is 6.10 Å². The van der Waals surface area contributed by atoms with Crippen LogP contribution in [0.25, 0.3) is 0 Å². The van der Waals surface area contributed by atoms with Crippen LogP contribution in [0.15, 0.2) is 47.6 Å². The Morgan fingerprint density at radius 1 is 1.11 bits per heavy atom. The van der Waals surface area contributed by atoms with Crippen molar-refractivity contribution in [1.29, 1.82) is 0 Å². The molecule has 2 unspecified atom stereocenters. The van der Waals surface area contributed by atoms with Crippen LogP contribution in [0.2, 0.25) is 0 Å². The summed E-state index contributed by atoms with van der Waals surface area (Å²) in [7, 11) is 0. The summed E-state index contributed by atoms with van der Waals surface area (Å²) >= 11 is 0. The largest absolute Gasteiger partial charge is 0.341 e. The zero-order chi connectivity index (χ0) is 12.5. The molecule has 2 N–H and O–H groups in total. The Morgan fingerprint density at radius 3 is 2.50 bits per heavy atom. The monoisotopic (exact) mass is 239 g/mol. The summed E-state index contributed by atoms with van der Waals surface area (Å²) in [4.78, 5) is 24.8. The Balaban J connectivity index is 2.02. The first-order valence-electron chi connectivity index (χ1n) is 5.71. The molecular formula is C14H9NO3. The quantitative estimate of drug-likeness (QED) is 0.685. The molecule has 0 saturated carbocycles. The predicted molar refractivity (Wildman–Crippen MR) is 63.1 cm³/mol. The fourth-order valence-corrected chi connectivity index (χ4v) is 2.68. The van der Waals surface area contributed by atoms with Gasteiger partial charge >= 0.3 is 0 Å². The molecule has 3 aliphatic rings. The van der Waals surface area contributed by atoms with Gasteiger partial charge < -0.3 is 4.74 Å². The van der Waals surface area contributed by atoms with Gasteiger partial charge in [0, 0.05) is 16.7 Å². The van der Waals surface area contributed by atoms with E-state index < -0.39 is 5.72 Å². The first-order chi connectivity index (χ1) is 8.63. The lowest BCUT2D eigenvalue weighted by atomic mass is 9.78. The second-order valence-electron chi connectivity index (χ2n) is 4.68. The Bertz CT molecular complexity index is 686. The second-order valence-corrected chi connectivity index (χ2v) is 4.68. The van der Waals surface area contributed by atoms with Crippen LogP contribution in [0.4, 0.5) is 0 Å². The number of ether oxygens (including phenoxy) is 1. The normalized spacial score (nSPS) is 31.9. The van der Waals surface area contributed by atoms with Gasteiger partial charge in [-0.1, -0.05) is 36.4 Å². The maximum atomic E-state index is 12.4. The van der Waals surface area contributed by atoms with E-state index in [1.54, 1.807) is 36.4 Å². The minimum atomic E-state index is -1.09. The van der Waals surface area contributed by atoms with E-state index in [9.17, 15) is 9.59 Å². The molecule has 2 aliphatic carbocycles. The van der Waals surface area contributed by atoms with Crippen LogP contribution in [-0.2, 0) is 4.74 Å². The molecule has 4 heteroatoms. The number of allylic oxidation sites excluding steroid dienone is 2. The van der Waals surface area contributed by atoms with Gasteiger partial charge in [0.15, 0.2) is 17.3 Å². The number of hydrogen-bond acceptors (Lipinski definition) is 4. The van der Waals surface area contributed by atoms with Crippen molar-refractivity contribution in [3.63, 3.8) is 0 Å². The maximum Gasteiger partial charge on any atom is 0.194 e. The average Bonchev–Trinajstić information content (AvgIpc) is 3.06. The van der Waals surface area contributed by atoms with Crippen LogP contribution in [0.3, 0.4) is 0 Å². The molecule has 0 radical (unpaired) electrons. The lowest BCUT2D eigenvalue weighted by Gasteiger charge is -2.23. The van der Waals surface area contributed by atoms with Gasteiger partial charge in [-0.2, -0.15) is 0 Å². The SMILES string of the molecule is NC12OC1C=CC1=C2C(=O)c2ccccc2C1=O. The van der Waals surface area contributed by atoms with Crippen molar-refractivity contribution in [3.8, 4) is 0 Å². The average molecular weight is 239 g/mol. The number of benzene rings is 1. The molecule has 1 saturated heterocycles. The van der Waals surface area contributed by atoms with Crippen molar-refractivity contribution in [1.82, 2.24) is 0 Å². The van der Waals surface area contributed by atoms with Gasteiger partial charge in [0.2, 0.25) is 0 Å². The highest BCUT2D eigenvalue weighted by Crippen LogP contribution is 2.47. The maximum absolute atomic E-state index is 12.4. The van der Waals surface area contributed by atoms with Crippen LogP contribution >= 0.6 is 0 Å². The molecule has 0 aromatic heterocycles. The Hall–Kier alpha value is -2.04. The van der Waals surface area contributed by atoms with Crippen molar-refractivity contribution < 1.29 is 14.3 Å². The van der Waals surface area contributed by atoms with E-state index in [4.69, 9.17) is 10.5 Å². The molecule has 1 aromatic carbocycles. The minimum absolute atomic E-state index is 0.157. The first-order valence-corrected chi connectivity index (χ1v) is 5.71. The molecule has 18 heavy (non-hydrogen) atoms. The zero-order valence-electron chi connectivity index (χ0n) is 9.34. The van der Waals surface area contributed by atoms with Crippen molar-refractivity contribution in [2.24, 2.45) is 5.73 Å². The number of ketones is 2. The molecule has 0 amide bonds. The minimum Gasteiger partial charge on any atom is -0.341 e.